The van der Waals surface area contributed by atoms with Gasteiger partial charge in [0.1, 0.15) is 5.75 Å². The number of aromatic nitrogens is 1. The highest BCUT2D eigenvalue weighted by Crippen LogP contribution is 2.25. The molecule has 3 aromatic carbocycles. The number of carbonyl (C=O) groups excluding carboxylic acids is 1. The molecule has 0 aliphatic carbocycles. The van der Waals surface area contributed by atoms with Gasteiger partial charge in [0.25, 0.3) is 0 Å². The fourth-order valence-corrected chi connectivity index (χ4v) is 3.37. The van der Waals surface area contributed by atoms with Crippen molar-refractivity contribution in [3.63, 3.8) is 0 Å². The first-order valence-electron chi connectivity index (χ1n) is 9.36. The van der Waals surface area contributed by atoms with Crippen molar-refractivity contribution < 1.29 is 9.53 Å². The van der Waals surface area contributed by atoms with E-state index in [1.54, 1.807) is 42.6 Å². The Hall–Kier alpha value is -3.77. The van der Waals surface area contributed by atoms with E-state index in [9.17, 15) is 4.79 Å². The van der Waals surface area contributed by atoms with Crippen molar-refractivity contribution >= 4 is 28.7 Å². The highest BCUT2D eigenvalue weighted by atomic mass is 32.1. The average molecular weight is 414 g/mol. The van der Waals surface area contributed by atoms with Gasteiger partial charge in [-0.05, 0) is 48.9 Å². The van der Waals surface area contributed by atoms with E-state index in [0.29, 0.717) is 11.3 Å². The zero-order valence-corrected chi connectivity index (χ0v) is 17.1. The van der Waals surface area contributed by atoms with Crippen molar-refractivity contribution in [3.8, 4) is 17.0 Å². The van der Waals surface area contributed by atoms with Crippen LogP contribution in [0.5, 0.6) is 5.75 Å². The summed E-state index contributed by atoms with van der Waals surface area (Å²) < 4.78 is 5.37. The summed E-state index contributed by atoms with van der Waals surface area (Å²) >= 11 is 1.50. The Kier molecular flexibility index (Phi) is 5.96. The van der Waals surface area contributed by atoms with E-state index < -0.39 is 0 Å². The van der Waals surface area contributed by atoms with Crippen LogP contribution in [0.15, 0.2) is 89.3 Å². The summed E-state index contributed by atoms with van der Waals surface area (Å²) in [6.07, 6.45) is 1.69. The zero-order valence-electron chi connectivity index (χ0n) is 16.3. The number of hydrogen-bond donors (Lipinski definition) is 1. The standard InChI is InChI=1S/C24H19N3O2S/c1-17-7-11-19(12-8-17)22-16-30-24(26-22)27-25-15-18-9-13-21(14-10-18)29-23(28)20-5-3-2-4-6-20/h2-16H,1H3,(H,26,27)/b25-15+. The van der Waals surface area contributed by atoms with Gasteiger partial charge in [-0.3, -0.25) is 5.43 Å². The van der Waals surface area contributed by atoms with E-state index in [1.807, 2.05) is 23.6 Å². The molecule has 1 heterocycles. The molecule has 0 amide bonds. The van der Waals surface area contributed by atoms with Crippen molar-refractivity contribution in [2.75, 3.05) is 5.43 Å². The molecule has 0 unspecified atom stereocenters. The number of nitrogens with zero attached hydrogens (tertiary/aromatic N) is 2. The first-order valence-corrected chi connectivity index (χ1v) is 10.2. The summed E-state index contributed by atoms with van der Waals surface area (Å²) in [4.78, 5) is 16.6. The van der Waals surface area contributed by atoms with Crippen LogP contribution >= 0.6 is 11.3 Å². The number of anilines is 1. The predicted octanol–water partition coefficient (Wildman–Crippen LogP) is 5.78. The van der Waals surface area contributed by atoms with E-state index in [2.05, 4.69) is 46.7 Å². The van der Waals surface area contributed by atoms with Gasteiger partial charge < -0.3 is 4.74 Å². The highest BCUT2D eigenvalue weighted by molar-refractivity contribution is 7.14. The van der Waals surface area contributed by atoms with Gasteiger partial charge in [-0.2, -0.15) is 5.10 Å². The largest absolute Gasteiger partial charge is 0.423 e. The molecule has 0 radical (unpaired) electrons. The van der Waals surface area contributed by atoms with E-state index in [0.717, 1.165) is 22.0 Å². The van der Waals surface area contributed by atoms with Crippen LogP contribution in [0.4, 0.5) is 5.13 Å². The van der Waals surface area contributed by atoms with Crippen LogP contribution in [-0.4, -0.2) is 17.2 Å². The maximum Gasteiger partial charge on any atom is 0.343 e. The zero-order chi connectivity index (χ0) is 20.8. The van der Waals surface area contributed by atoms with Crippen molar-refractivity contribution in [1.29, 1.82) is 0 Å². The second-order valence-electron chi connectivity index (χ2n) is 6.60. The Bertz CT molecular complexity index is 1150. The molecule has 4 rings (SSSR count). The molecule has 0 saturated heterocycles. The van der Waals surface area contributed by atoms with Gasteiger partial charge in [0.05, 0.1) is 17.5 Å². The molecule has 148 valence electrons. The molecule has 0 saturated carbocycles. The minimum Gasteiger partial charge on any atom is -0.423 e. The number of nitrogens with one attached hydrogen (secondary N) is 1. The lowest BCUT2D eigenvalue weighted by atomic mass is 10.1. The maximum atomic E-state index is 12.1. The average Bonchev–Trinajstić information content (AvgIpc) is 3.25. The quantitative estimate of drug-likeness (QED) is 0.188. The third-order valence-electron chi connectivity index (χ3n) is 4.33. The molecule has 0 bridgehead atoms. The van der Waals surface area contributed by atoms with Gasteiger partial charge in [0.2, 0.25) is 5.13 Å². The number of hydrogen-bond acceptors (Lipinski definition) is 6. The van der Waals surface area contributed by atoms with Crippen LogP contribution in [0.3, 0.4) is 0 Å². The van der Waals surface area contributed by atoms with Gasteiger partial charge in [0.15, 0.2) is 0 Å². The van der Waals surface area contributed by atoms with Gasteiger partial charge in [-0.25, -0.2) is 9.78 Å². The molecule has 0 atom stereocenters. The van der Waals surface area contributed by atoms with Crippen LogP contribution in [0.1, 0.15) is 21.5 Å². The molecule has 6 heteroatoms. The van der Waals surface area contributed by atoms with E-state index >= 15 is 0 Å². The summed E-state index contributed by atoms with van der Waals surface area (Å²) in [5, 5.41) is 6.95. The summed E-state index contributed by atoms with van der Waals surface area (Å²) in [5.41, 5.74) is 7.56. The number of hydrazone groups is 1. The van der Waals surface area contributed by atoms with E-state index in [1.165, 1.54) is 16.9 Å². The van der Waals surface area contributed by atoms with E-state index in [4.69, 9.17) is 4.74 Å². The van der Waals surface area contributed by atoms with Gasteiger partial charge in [0, 0.05) is 10.9 Å². The van der Waals surface area contributed by atoms with Crippen molar-refractivity contribution in [3.05, 3.63) is 101 Å². The fourth-order valence-electron chi connectivity index (χ4n) is 2.71. The molecule has 5 nitrogen and oxygen atoms in total. The molecule has 1 N–H and O–H groups in total. The number of rotatable bonds is 6. The number of carbonyl (C=O) groups is 1. The Morgan fingerprint density at radius 2 is 1.73 bits per heavy atom. The number of benzene rings is 3. The molecular weight excluding hydrogens is 394 g/mol. The molecule has 0 fully saturated rings. The third-order valence-corrected chi connectivity index (χ3v) is 5.07. The second kappa shape index (κ2) is 9.15. The number of aryl methyl sites for hydroxylation is 1. The highest BCUT2D eigenvalue weighted by Gasteiger charge is 2.07. The summed E-state index contributed by atoms with van der Waals surface area (Å²) in [6, 6.07) is 24.3. The number of esters is 1. The first kappa shape index (κ1) is 19.5. The van der Waals surface area contributed by atoms with Crippen molar-refractivity contribution in [2.24, 2.45) is 5.10 Å². The monoisotopic (exact) mass is 413 g/mol. The minimum absolute atomic E-state index is 0.383. The van der Waals surface area contributed by atoms with Crippen molar-refractivity contribution in [1.82, 2.24) is 4.98 Å². The number of ether oxygens (including phenoxy) is 1. The topological polar surface area (TPSA) is 63.6 Å². The summed E-state index contributed by atoms with van der Waals surface area (Å²) in [6.45, 7) is 2.06. The normalized spacial score (nSPS) is 10.8. The smallest absolute Gasteiger partial charge is 0.343 e. The number of thiazole rings is 1. The van der Waals surface area contributed by atoms with Crippen LogP contribution in [-0.2, 0) is 0 Å². The van der Waals surface area contributed by atoms with Crippen LogP contribution in [0.2, 0.25) is 0 Å². The van der Waals surface area contributed by atoms with Gasteiger partial charge >= 0.3 is 5.97 Å². The van der Waals surface area contributed by atoms with Gasteiger partial charge in [-0.15, -0.1) is 11.3 Å². The predicted molar refractivity (Wildman–Crippen MR) is 121 cm³/mol. The Morgan fingerprint density at radius 1 is 1.00 bits per heavy atom. The minimum atomic E-state index is -0.383. The third kappa shape index (κ3) is 4.98. The molecule has 0 spiro atoms. The van der Waals surface area contributed by atoms with Gasteiger partial charge in [-0.1, -0.05) is 48.0 Å². The Morgan fingerprint density at radius 3 is 2.47 bits per heavy atom. The fraction of sp³-hybridized carbons (Fsp3) is 0.0417. The lowest BCUT2D eigenvalue weighted by Gasteiger charge is -2.04. The lowest BCUT2D eigenvalue weighted by Crippen LogP contribution is -2.08. The molecule has 0 aliphatic heterocycles. The Balaban J connectivity index is 1.33. The second-order valence-corrected chi connectivity index (χ2v) is 7.46. The molecule has 4 aromatic rings. The van der Waals surface area contributed by atoms with E-state index in [-0.39, 0.29) is 5.97 Å². The van der Waals surface area contributed by atoms with Crippen molar-refractivity contribution in [2.45, 2.75) is 6.92 Å². The molecular formula is C24H19N3O2S. The SMILES string of the molecule is Cc1ccc(-c2csc(N/N=C/c3ccc(OC(=O)c4ccccc4)cc3)n2)cc1. The summed E-state index contributed by atoms with van der Waals surface area (Å²) in [5.74, 6) is 0.100. The maximum absolute atomic E-state index is 12.1. The summed E-state index contributed by atoms with van der Waals surface area (Å²) in [7, 11) is 0. The molecule has 1 aromatic heterocycles. The lowest BCUT2D eigenvalue weighted by molar-refractivity contribution is 0.0735. The first-order chi connectivity index (χ1) is 14.7. The Labute approximate surface area is 178 Å². The molecule has 30 heavy (non-hydrogen) atoms. The van der Waals surface area contributed by atoms with Crippen LogP contribution in [0, 0.1) is 6.92 Å². The van der Waals surface area contributed by atoms with Crippen LogP contribution < -0.4 is 10.2 Å². The molecule has 0 aliphatic rings. The van der Waals surface area contributed by atoms with Crippen LogP contribution in [0.25, 0.3) is 11.3 Å².